The molecule has 0 aliphatic carbocycles. The number of nitrogens with two attached hydrogens (primary N) is 1. The summed E-state index contributed by atoms with van der Waals surface area (Å²) < 4.78 is 31.7. The lowest BCUT2D eigenvalue weighted by molar-refractivity contribution is -0.192. The molecule has 1 heterocycles. The van der Waals surface area contributed by atoms with Gasteiger partial charge in [-0.3, -0.25) is 0 Å². The van der Waals surface area contributed by atoms with Gasteiger partial charge >= 0.3 is 24.1 Å². The Morgan fingerprint density at radius 2 is 1.58 bits per heavy atom. The third kappa shape index (κ3) is 5.19. The smallest absolute Gasteiger partial charge is 0.478 e. The van der Waals surface area contributed by atoms with E-state index < -0.39 is 24.1 Å². The van der Waals surface area contributed by atoms with Crippen LogP contribution in [-0.2, 0) is 4.79 Å². The quantitative estimate of drug-likeness (QED) is 0.600. The number of anilines is 1. The van der Waals surface area contributed by atoms with Crippen molar-refractivity contribution in [2.24, 2.45) is 0 Å². The van der Waals surface area contributed by atoms with E-state index in [1.165, 1.54) is 12.1 Å². The van der Waals surface area contributed by atoms with Crippen molar-refractivity contribution in [1.82, 2.24) is 4.98 Å². The maximum atomic E-state index is 11.2. The first-order valence-corrected chi connectivity index (χ1v) is 6.56. The molecule has 2 rings (SSSR count). The molecule has 0 amide bonds. The number of halogens is 3. The van der Waals surface area contributed by atoms with Gasteiger partial charge in [-0.1, -0.05) is 12.1 Å². The van der Waals surface area contributed by atoms with E-state index in [-0.39, 0.29) is 16.8 Å². The molecular formula is C15H11F3N2O6. The van der Waals surface area contributed by atoms with Crippen LogP contribution < -0.4 is 5.73 Å². The molecule has 8 nitrogen and oxygen atoms in total. The maximum Gasteiger partial charge on any atom is 0.490 e. The molecule has 0 atom stereocenters. The van der Waals surface area contributed by atoms with Crippen LogP contribution in [0, 0.1) is 0 Å². The summed E-state index contributed by atoms with van der Waals surface area (Å²) in [4.78, 5) is 35.0. The topological polar surface area (TPSA) is 151 Å². The monoisotopic (exact) mass is 372 g/mol. The number of pyridine rings is 1. The van der Waals surface area contributed by atoms with Crippen molar-refractivity contribution in [3.8, 4) is 11.1 Å². The number of nitrogen functional groups attached to an aromatic ring is 1. The van der Waals surface area contributed by atoms with Gasteiger partial charge in [0.05, 0.1) is 5.56 Å². The molecule has 2 aromatic rings. The van der Waals surface area contributed by atoms with Crippen LogP contribution >= 0.6 is 0 Å². The summed E-state index contributed by atoms with van der Waals surface area (Å²) in [6, 6.07) is 7.60. The Morgan fingerprint density at radius 1 is 1.00 bits per heavy atom. The van der Waals surface area contributed by atoms with E-state index in [0.29, 0.717) is 11.3 Å². The molecule has 26 heavy (non-hydrogen) atoms. The van der Waals surface area contributed by atoms with Crippen molar-refractivity contribution < 1.29 is 42.9 Å². The van der Waals surface area contributed by atoms with Crippen LogP contribution in [0.1, 0.15) is 20.8 Å². The average Bonchev–Trinajstić information content (AvgIpc) is 2.53. The zero-order chi connectivity index (χ0) is 20.1. The highest BCUT2D eigenvalue weighted by atomic mass is 19.4. The number of hydrogen-bond donors (Lipinski definition) is 4. The molecule has 0 bridgehead atoms. The van der Waals surface area contributed by atoms with Gasteiger partial charge in [0.15, 0.2) is 5.69 Å². The molecule has 1 aromatic heterocycles. The van der Waals surface area contributed by atoms with Gasteiger partial charge < -0.3 is 21.1 Å². The fourth-order valence-corrected chi connectivity index (χ4v) is 1.79. The standard InChI is InChI=1S/C13H10N2O4.C2HF3O2/c14-8-3-1-2-7(6-8)10-9(12(16)17)4-5-15-11(10)13(18)19;3-2(4,5)1(6)7/h1-6H,14H2,(H,16,17)(H,18,19);(H,6,7). The third-order valence-corrected chi connectivity index (χ3v) is 2.80. The number of hydrogen-bond acceptors (Lipinski definition) is 5. The highest BCUT2D eigenvalue weighted by Gasteiger charge is 2.38. The normalized spacial score (nSPS) is 10.4. The molecule has 0 aliphatic heterocycles. The summed E-state index contributed by atoms with van der Waals surface area (Å²) in [5.74, 6) is -5.27. The fourth-order valence-electron chi connectivity index (χ4n) is 1.79. The molecule has 0 saturated carbocycles. The van der Waals surface area contributed by atoms with Crippen molar-refractivity contribution in [1.29, 1.82) is 0 Å². The number of aromatic carboxylic acids is 2. The largest absolute Gasteiger partial charge is 0.490 e. The molecule has 5 N–H and O–H groups in total. The Morgan fingerprint density at radius 3 is 2.00 bits per heavy atom. The number of rotatable bonds is 3. The van der Waals surface area contributed by atoms with Crippen molar-refractivity contribution >= 4 is 23.6 Å². The number of aromatic nitrogens is 1. The van der Waals surface area contributed by atoms with Gasteiger partial charge in [-0.05, 0) is 23.8 Å². The Balaban J connectivity index is 0.000000412. The summed E-state index contributed by atoms with van der Waals surface area (Å²) in [6.07, 6.45) is -3.93. The number of carboxylic acids is 3. The molecule has 0 radical (unpaired) electrons. The van der Waals surface area contributed by atoms with E-state index in [1.54, 1.807) is 18.2 Å². The van der Waals surface area contributed by atoms with Crippen molar-refractivity contribution in [3.05, 3.63) is 47.8 Å². The van der Waals surface area contributed by atoms with Gasteiger partial charge in [-0.25, -0.2) is 19.4 Å². The molecular weight excluding hydrogens is 361 g/mol. The molecule has 11 heteroatoms. The molecule has 1 aromatic carbocycles. The number of alkyl halides is 3. The highest BCUT2D eigenvalue weighted by molar-refractivity contribution is 6.03. The SMILES string of the molecule is Nc1cccc(-c2c(C(=O)O)ccnc2C(=O)O)c1.O=C(O)C(F)(F)F. The van der Waals surface area contributed by atoms with Gasteiger partial charge in [0.25, 0.3) is 0 Å². The summed E-state index contributed by atoms with van der Waals surface area (Å²) in [7, 11) is 0. The summed E-state index contributed by atoms with van der Waals surface area (Å²) in [5, 5.41) is 25.4. The van der Waals surface area contributed by atoms with Crippen LogP contribution in [0.3, 0.4) is 0 Å². The number of nitrogens with zero attached hydrogens (tertiary/aromatic N) is 1. The van der Waals surface area contributed by atoms with Crippen molar-refractivity contribution in [2.45, 2.75) is 6.18 Å². The number of carboxylic acid groups (broad SMARTS) is 3. The van der Waals surface area contributed by atoms with Crippen LogP contribution in [0.25, 0.3) is 11.1 Å². The Labute approximate surface area is 143 Å². The zero-order valence-electron chi connectivity index (χ0n) is 12.7. The van der Waals surface area contributed by atoms with Crippen molar-refractivity contribution in [2.75, 3.05) is 5.73 Å². The first kappa shape index (κ1) is 20.4. The van der Waals surface area contributed by atoms with E-state index in [0.717, 1.165) is 6.20 Å². The second kappa shape index (κ2) is 7.96. The Hall–Kier alpha value is -3.63. The fraction of sp³-hybridized carbons (Fsp3) is 0.0667. The predicted molar refractivity (Wildman–Crippen MR) is 81.7 cm³/mol. The van der Waals surface area contributed by atoms with Crippen molar-refractivity contribution in [3.63, 3.8) is 0 Å². The second-order valence-corrected chi connectivity index (χ2v) is 4.62. The van der Waals surface area contributed by atoms with Crippen LogP contribution in [0.5, 0.6) is 0 Å². The predicted octanol–water partition coefficient (Wildman–Crippen LogP) is 2.36. The third-order valence-electron chi connectivity index (χ3n) is 2.80. The highest BCUT2D eigenvalue weighted by Crippen LogP contribution is 2.28. The van der Waals surface area contributed by atoms with E-state index >= 15 is 0 Å². The van der Waals surface area contributed by atoms with E-state index in [1.807, 2.05) is 0 Å². The van der Waals surface area contributed by atoms with Gasteiger partial charge in [-0.15, -0.1) is 0 Å². The van der Waals surface area contributed by atoms with Gasteiger partial charge in [0.2, 0.25) is 0 Å². The molecule has 0 spiro atoms. The lowest BCUT2D eigenvalue weighted by Gasteiger charge is -2.09. The Bertz CT molecular complexity index is 819. The Kier molecular flexibility index (Phi) is 6.25. The number of aliphatic carboxylic acids is 1. The lowest BCUT2D eigenvalue weighted by atomic mass is 9.98. The molecule has 0 aliphatic rings. The molecule has 0 saturated heterocycles. The van der Waals surface area contributed by atoms with E-state index in [9.17, 15) is 22.8 Å². The summed E-state index contributed by atoms with van der Waals surface area (Å²) in [5.41, 5.74) is 6.06. The van der Waals surface area contributed by atoms with E-state index in [2.05, 4.69) is 4.98 Å². The van der Waals surface area contributed by atoms with Gasteiger partial charge in [0.1, 0.15) is 0 Å². The van der Waals surface area contributed by atoms with Crippen LogP contribution in [0.4, 0.5) is 18.9 Å². The van der Waals surface area contributed by atoms with Crippen LogP contribution in [-0.4, -0.2) is 44.4 Å². The summed E-state index contributed by atoms with van der Waals surface area (Å²) in [6.45, 7) is 0. The summed E-state index contributed by atoms with van der Waals surface area (Å²) >= 11 is 0. The first-order valence-electron chi connectivity index (χ1n) is 6.56. The number of carbonyl (C=O) groups is 3. The lowest BCUT2D eigenvalue weighted by Crippen LogP contribution is -2.21. The average molecular weight is 372 g/mol. The van der Waals surface area contributed by atoms with Crippen LogP contribution in [0.15, 0.2) is 36.5 Å². The zero-order valence-corrected chi connectivity index (χ0v) is 12.7. The van der Waals surface area contributed by atoms with Gasteiger partial charge in [-0.2, -0.15) is 13.2 Å². The van der Waals surface area contributed by atoms with Gasteiger partial charge in [0, 0.05) is 17.4 Å². The van der Waals surface area contributed by atoms with Crippen LogP contribution in [0.2, 0.25) is 0 Å². The first-order chi connectivity index (χ1) is 11.9. The number of benzene rings is 1. The van der Waals surface area contributed by atoms with E-state index in [4.69, 9.17) is 25.8 Å². The molecule has 138 valence electrons. The maximum absolute atomic E-state index is 11.2. The minimum absolute atomic E-state index is 0.0507. The minimum atomic E-state index is -5.08. The molecule has 0 fully saturated rings. The second-order valence-electron chi connectivity index (χ2n) is 4.62. The molecule has 0 unspecified atom stereocenters. The minimum Gasteiger partial charge on any atom is -0.478 e.